The number of likely N-dealkylation sites (tertiary alicyclic amines) is 1. The lowest BCUT2D eigenvalue weighted by molar-refractivity contribution is -0.128. The maximum atomic E-state index is 13.2. The lowest BCUT2D eigenvalue weighted by atomic mass is 9.88. The predicted molar refractivity (Wildman–Crippen MR) is 132 cm³/mol. The topological polar surface area (TPSA) is 72.3 Å². The zero-order chi connectivity index (χ0) is 24.1. The number of rotatable bonds is 8. The summed E-state index contributed by atoms with van der Waals surface area (Å²) in [6.45, 7) is 9.54. The van der Waals surface area contributed by atoms with Crippen LogP contribution < -0.4 is 10.1 Å². The fourth-order valence-corrected chi connectivity index (χ4v) is 4.75. The van der Waals surface area contributed by atoms with E-state index < -0.39 is 0 Å². The molecule has 3 heterocycles. The smallest absolute Gasteiger partial charge is 0.224 e. The van der Waals surface area contributed by atoms with E-state index in [2.05, 4.69) is 52.2 Å². The lowest BCUT2D eigenvalue weighted by Gasteiger charge is -2.36. The van der Waals surface area contributed by atoms with E-state index in [1.54, 1.807) is 6.20 Å². The summed E-state index contributed by atoms with van der Waals surface area (Å²) in [5.74, 6) is 2.02. The van der Waals surface area contributed by atoms with Gasteiger partial charge in [0.05, 0.1) is 25.3 Å². The third-order valence-corrected chi connectivity index (χ3v) is 6.39. The highest BCUT2D eigenvalue weighted by Crippen LogP contribution is 2.25. The molecule has 7 nitrogen and oxygen atoms in total. The minimum atomic E-state index is -0.0929. The predicted octanol–water partition coefficient (Wildman–Crippen LogP) is 3.57. The van der Waals surface area contributed by atoms with Crippen LogP contribution in [0, 0.1) is 32.6 Å². The van der Waals surface area contributed by atoms with Crippen molar-refractivity contribution in [2.75, 3.05) is 19.7 Å². The number of aryl methyl sites for hydroxylation is 4. The first-order chi connectivity index (χ1) is 16.4. The van der Waals surface area contributed by atoms with E-state index >= 15 is 0 Å². The maximum Gasteiger partial charge on any atom is 0.224 e. The Balaban J connectivity index is 1.41. The number of pyridine rings is 1. The van der Waals surface area contributed by atoms with Gasteiger partial charge >= 0.3 is 0 Å². The number of aromatic nitrogens is 3. The van der Waals surface area contributed by atoms with Gasteiger partial charge in [-0.15, -0.1) is 0 Å². The van der Waals surface area contributed by atoms with Crippen LogP contribution in [0.3, 0.4) is 0 Å². The number of imidazole rings is 1. The van der Waals surface area contributed by atoms with E-state index in [9.17, 15) is 4.79 Å². The first kappa shape index (κ1) is 24.0. The van der Waals surface area contributed by atoms with Gasteiger partial charge < -0.3 is 14.6 Å². The van der Waals surface area contributed by atoms with Crippen LogP contribution in [0.4, 0.5) is 0 Å². The Bertz CT molecular complexity index is 1090. The molecule has 1 aliphatic heterocycles. The van der Waals surface area contributed by atoms with Gasteiger partial charge in [-0.1, -0.05) is 29.3 Å². The Morgan fingerprint density at radius 2 is 1.91 bits per heavy atom. The average molecular weight is 462 g/mol. The second kappa shape index (κ2) is 10.8. The molecule has 0 bridgehead atoms. The molecule has 1 N–H and O–H groups in total. The molecule has 3 aromatic rings. The highest BCUT2D eigenvalue weighted by molar-refractivity contribution is 5.79. The molecule has 2 atom stereocenters. The highest BCUT2D eigenvalue weighted by atomic mass is 16.5. The summed E-state index contributed by atoms with van der Waals surface area (Å²) in [5, 5.41) is 3.18. The van der Waals surface area contributed by atoms with E-state index in [1.807, 2.05) is 43.1 Å². The molecule has 0 saturated carbocycles. The summed E-state index contributed by atoms with van der Waals surface area (Å²) >= 11 is 0. The number of carbonyl (C=O) groups excluding carboxylic acids is 1. The van der Waals surface area contributed by atoms with Gasteiger partial charge in [0.25, 0.3) is 0 Å². The minimum absolute atomic E-state index is 0.0929. The normalized spacial score (nSPS) is 18.6. The summed E-state index contributed by atoms with van der Waals surface area (Å²) in [4.78, 5) is 24.3. The molecule has 4 rings (SSSR count). The lowest BCUT2D eigenvalue weighted by Crippen LogP contribution is -2.47. The van der Waals surface area contributed by atoms with Crippen LogP contribution in [-0.2, 0) is 24.9 Å². The molecule has 1 aliphatic rings. The number of benzene rings is 1. The molecule has 7 heteroatoms. The van der Waals surface area contributed by atoms with Gasteiger partial charge in [0, 0.05) is 50.7 Å². The second-order valence-corrected chi connectivity index (χ2v) is 9.61. The van der Waals surface area contributed by atoms with Crippen molar-refractivity contribution in [3.05, 3.63) is 77.1 Å². The molecule has 180 valence electrons. The quantitative estimate of drug-likeness (QED) is 0.555. The first-order valence-electron chi connectivity index (χ1n) is 11.9. The van der Waals surface area contributed by atoms with Crippen LogP contribution in [-0.4, -0.2) is 45.0 Å². The molecular formula is C27H35N5O2. The number of amides is 1. The molecule has 34 heavy (non-hydrogen) atoms. The monoisotopic (exact) mass is 461 g/mol. The van der Waals surface area contributed by atoms with Crippen LogP contribution in [0.15, 0.2) is 48.9 Å². The highest BCUT2D eigenvalue weighted by Gasteiger charge is 2.32. The summed E-state index contributed by atoms with van der Waals surface area (Å²) in [6, 6.07) is 10.3. The van der Waals surface area contributed by atoms with E-state index in [0.717, 1.165) is 35.8 Å². The molecule has 2 aromatic heterocycles. The van der Waals surface area contributed by atoms with Crippen molar-refractivity contribution in [1.29, 1.82) is 0 Å². The molecule has 1 amide bonds. The Hall–Kier alpha value is -3.19. The Morgan fingerprint density at radius 1 is 1.12 bits per heavy atom. The van der Waals surface area contributed by atoms with E-state index in [1.165, 1.54) is 11.1 Å². The standard InChI is InChI=1S/C27H35N5O2/c1-19-9-20(2)11-22(10-19)13-30-27(33)24-12-23(18-34-25-6-5-21(3)29-14-25)15-32(16-24)17-26-28-7-8-31(26)4/h5-11,14,23-24H,12-13,15-18H2,1-4H3,(H,30,33)/t23-,24+/m0/s1. The van der Waals surface area contributed by atoms with Crippen LogP contribution in [0.1, 0.15) is 34.6 Å². The second-order valence-electron chi connectivity index (χ2n) is 9.61. The van der Waals surface area contributed by atoms with Gasteiger partial charge in [0.2, 0.25) is 5.91 Å². The summed E-state index contributed by atoms with van der Waals surface area (Å²) in [7, 11) is 2.01. The summed E-state index contributed by atoms with van der Waals surface area (Å²) in [5.41, 5.74) is 4.53. The number of ether oxygens (including phenoxy) is 1. The van der Waals surface area contributed by atoms with Gasteiger partial charge in [-0.3, -0.25) is 14.7 Å². The third kappa shape index (κ3) is 6.44. The molecule has 0 radical (unpaired) electrons. The SMILES string of the molecule is Cc1cc(C)cc(CNC(=O)[C@@H]2C[C@H](COc3ccc(C)nc3)CN(Cc3nccn3C)C2)c1. The van der Waals surface area contributed by atoms with E-state index in [0.29, 0.717) is 26.2 Å². The fourth-order valence-electron chi connectivity index (χ4n) is 4.75. The van der Waals surface area contributed by atoms with Crippen molar-refractivity contribution in [1.82, 2.24) is 24.8 Å². The van der Waals surface area contributed by atoms with Gasteiger partial charge in [-0.05, 0) is 44.9 Å². The number of hydrogen-bond acceptors (Lipinski definition) is 5. The van der Waals surface area contributed by atoms with Crippen molar-refractivity contribution < 1.29 is 9.53 Å². The fraction of sp³-hybridized carbons (Fsp3) is 0.444. The number of piperidine rings is 1. The number of carbonyl (C=O) groups is 1. The molecule has 0 unspecified atom stereocenters. The van der Waals surface area contributed by atoms with Crippen LogP contribution in [0.2, 0.25) is 0 Å². The number of nitrogens with one attached hydrogen (secondary N) is 1. The maximum absolute atomic E-state index is 13.2. The van der Waals surface area contributed by atoms with Crippen molar-refractivity contribution >= 4 is 5.91 Å². The first-order valence-corrected chi connectivity index (χ1v) is 11.9. The zero-order valence-corrected chi connectivity index (χ0v) is 20.6. The van der Waals surface area contributed by atoms with Crippen molar-refractivity contribution in [3.8, 4) is 5.75 Å². The summed E-state index contributed by atoms with van der Waals surface area (Å²) < 4.78 is 8.08. The van der Waals surface area contributed by atoms with Crippen molar-refractivity contribution in [3.63, 3.8) is 0 Å². The largest absolute Gasteiger partial charge is 0.492 e. The van der Waals surface area contributed by atoms with E-state index in [-0.39, 0.29) is 17.7 Å². The number of hydrogen-bond donors (Lipinski definition) is 1. The summed E-state index contributed by atoms with van der Waals surface area (Å²) in [6.07, 6.45) is 6.34. The van der Waals surface area contributed by atoms with Gasteiger partial charge in [0.15, 0.2) is 0 Å². The Kier molecular flexibility index (Phi) is 7.63. The molecule has 0 aliphatic carbocycles. The van der Waals surface area contributed by atoms with Gasteiger partial charge in [-0.25, -0.2) is 4.98 Å². The zero-order valence-electron chi connectivity index (χ0n) is 20.6. The minimum Gasteiger partial charge on any atom is -0.492 e. The Morgan fingerprint density at radius 3 is 2.59 bits per heavy atom. The third-order valence-electron chi connectivity index (χ3n) is 6.39. The Labute approximate surface area is 202 Å². The van der Waals surface area contributed by atoms with E-state index in [4.69, 9.17) is 4.74 Å². The van der Waals surface area contributed by atoms with Gasteiger partial charge in [0.1, 0.15) is 11.6 Å². The molecule has 1 fully saturated rings. The molecule has 0 spiro atoms. The van der Waals surface area contributed by atoms with Crippen LogP contribution in [0.25, 0.3) is 0 Å². The van der Waals surface area contributed by atoms with Gasteiger partial charge in [-0.2, -0.15) is 0 Å². The average Bonchev–Trinajstić information content (AvgIpc) is 3.20. The van der Waals surface area contributed by atoms with Crippen molar-refractivity contribution in [2.24, 2.45) is 18.9 Å². The van der Waals surface area contributed by atoms with Crippen LogP contribution >= 0.6 is 0 Å². The van der Waals surface area contributed by atoms with Crippen molar-refractivity contribution in [2.45, 2.75) is 40.3 Å². The molecular weight excluding hydrogens is 426 g/mol. The van der Waals surface area contributed by atoms with Crippen LogP contribution in [0.5, 0.6) is 5.75 Å². The molecule has 1 aromatic carbocycles. The number of nitrogens with zero attached hydrogens (tertiary/aromatic N) is 4. The molecule has 1 saturated heterocycles.